The van der Waals surface area contributed by atoms with Crippen molar-refractivity contribution in [3.8, 4) is 11.3 Å². The van der Waals surface area contributed by atoms with Gasteiger partial charge < -0.3 is 9.30 Å². The Labute approximate surface area is 235 Å². The Kier molecular flexibility index (Phi) is 6.04. The summed E-state index contributed by atoms with van der Waals surface area (Å²) in [6.07, 6.45) is 8.88. The molecule has 2 bridgehead atoms. The first kappa shape index (κ1) is 25.1. The number of likely N-dealkylation sites (tertiary alicyclic amines) is 1. The van der Waals surface area contributed by atoms with E-state index in [1.54, 1.807) is 12.3 Å². The number of amides is 1. The first-order valence-corrected chi connectivity index (χ1v) is 15.2. The normalized spacial score (nSPS) is 24.1. The van der Waals surface area contributed by atoms with E-state index in [0.29, 0.717) is 45.9 Å². The Bertz CT molecular complexity index is 1640. The molecule has 202 valence electrons. The predicted molar refractivity (Wildman–Crippen MR) is 153 cm³/mol. The molecule has 6 nitrogen and oxygen atoms in total. The van der Waals surface area contributed by atoms with Gasteiger partial charge in [-0.15, -0.1) is 11.8 Å². The molecule has 1 aromatic carbocycles. The van der Waals surface area contributed by atoms with Crippen LogP contribution in [-0.2, 0) is 4.74 Å². The van der Waals surface area contributed by atoms with E-state index >= 15 is 4.39 Å². The van der Waals surface area contributed by atoms with E-state index < -0.39 is 5.82 Å². The second-order valence-corrected chi connectivity index (χ2v) is 12.3. The maximum atomic E-state index is 16.4. The Balaban J connectivity index is 1.52. The van der Waals surface area contributed by atoms with Gasteiger partial charge in [-0.2, -0.15) is 0 Å². The first-order chi connectivity index (χ1) is 18.9. The standard InChI is InChI=1S/C30H30ClFN4O2S/c1-15-6-4-7-18(23(15)31)25-24(32)26-20(14-33-25)28-19(29(34-26)39-3)13-22(21-8-5-11-35(21)30(37)38-2)36(28)27-16-9-10-17(27)12-16/h4,6-7,13-14,16-17,21,27H,5,8-12H2,1-3H3/t16-,17+,21-,27?/m1/s1. The minimum absolute atomic E-state index is 0.0854. The maximum absolute atomic E-state index is 16.4. The summed E-state index contributed by atoms with van der Waals surface area (Å²) in [7, 11) is 1.44. The molecule has 3 saturated carbocycles. The lowest BCUT2D eigenvalue weighted by molar-refractivity contribution is 0.113. The van der Waals surface area contributed by atoms with Crippen molar-refractivity contribution < 1.29 is 13.9 Å². The number of aryl methyl sites for hydroxylation is 1. The summed E-state index contributed by atoms with van der Waals surface area (Å²) in [5.41, 5.74) is 4.04. The van der Waals surface area contributed by atoms with Crippen LogP contribution in [0.4, 0.5) is 9.18 Å². The molecule has 4 fully saturated rings. The summed E-state index contributed by atoms with van der Waals surface area (Å²) < 4.78 is 23.9. The second-order valence-electron chi connectivity index (χ2n) is 11.1. The Morgan fingerprint density at radius 1 is 1.21 bits per heavy atom. The van der Waals surface area contributed by atoms with E-state index in [4.69, 9.17) is 21.3 Å². The molecule has 0 spiro atoms. The number of methoxy groups -OCH3 is 1. The number of hydrogen-bond donors (Lipinski definition) is 0. The van der Waals surface area contributed by atoms with Crippen molar-refractivity contribution >= 4 is 51.3 Å². The number of nitrogens with zero attached hydrogens (tertiary/aromatic N) is 4. The van der Waals surface area contributed by atoms with Gasteiger partial charge in [0.25, 0.3) is 0 Å². The number of halogens is 2. The molecule has 3 aliphatic carbocycles. The van der Waals surface area contributed by atoms with Crippen LogP contribution in [0.3, 0.4) is 0 Å². The minimum Gasteiger partial charge on any atom is -0.453 e. The zero-order valence-corrected chi connectivity index (χ0v) is 23.8. The molecule has 0 radical (unpaired) electrons. The number of pyridine rings is 2. The summed E-state index contributed by atoms with van der Waals surface area (Å²) in [5.74, 6) is 0.739. The van der Waals surface area contributed by atoms with Gasteiger partial charge in [0.2, 0.25) is 0 Å². The number of ether oxygens (including phenoxy) is 1. The highest BCUT2D eigenvalue weighted by Crippen LogP contribution is 2.59. The highest BCUT2D eigenvalue weighted by Gasteiger charge is 2.50. The number of aromatic nitrogens is 3. The molecule has 39 heavy (non-hydrogen) atoms. The molecule has 3 aromatic heterocycles. The van der Waals surface area contributed by atoms with Crippen LogP contribution in [0.1, 0.15) is 55.4 Å². The average Bonchev–Trinajstić information content (AvgIpc) is 3.74. The van der Waals surface area contributed by atoms with Crippen LogP contribution in [0.5, 0.6) is 0 Å². The molecule has 4 heterocycles. The van der Waals surface area contributed by atoms with Crippen LogP contribution in [0.25, 0.3) is 33.1 Å². The summed E-state index contributed by atoms with van der Waals surface area (Å²) in [6.45, 7) is 2.57. The van der Waals surface area contributed by atoms with Crippen LogP contribution in [0.15, 0.2) is 35.5 Å². The van der Waals surface area contributed by atoms with Gasteiger partial charge in [0.15, 0.2) is 5.82 Å². The predicted octanol–water partition coefficient (Wildman–Crippen LogP) is 7.95. The van der Waals surface area contributed by atoms with Gasteiger partial charge in [0.1, 0.15) is 16.2 Å². The van der Waals surface area contributed by atoms with Crippen molar-refractivity contribution in [2.45, 2.75) is 56.1 Å². The molecule has 8 rings (SSSR count). The van der Waals surface area contributed by atoms with Gasteiger partial charge in [-0.05, 0) is 68.7 Å². The Morgan fingerprint density at radius 2 is 2.00 bits per heavy atom. The van der Waals surface area contributed by atoms with Gasteiger partial charge >= 0.3 is 6.09 Å². The van der Waals surface area contributed by atoms with E-state index in [0.717, 1.165) is 40.0 Å². The molecule has 1 amide bonds. The zero-order valence-electron chi connectivity index (χ0n) is 22.2. The van der Waals surface area contributed by atoms with Crippen molar-refractivity contribution in [2.75, 3.05) is 19.9 Å². The van der Waals surface area contributed by atoms with Gasteiger partial charge in [0, 0.05) is 40.8 Å². The van der Waals surface area contributed by atoms with E-state index in [1.165, 1.54) is 38.1 Å². The molecule has 9 heteroatoms. The smallest absolute Gasteiger partial charge is 0.410 e. The van der Waals surface area contributed by atoms with E-state index in [-0.39, 0.29) is 17.8 Å². The molecule has 1 unspecified atom stereocenters. The SMILES string of the molecule is COC(=O)N1CCC[C@@H]1c1cc2c(SC)nc3c(F)c(-c4cccc(C)c4Cl)ncc3c2n1C1[C@@H]2CC[C@H]1C2. The van der Waals surface area contributed by atoms with Crippen LogP contribution in [-0.4, -0.2) is 45.4 Å². The van der Waals surface area contributed by atoms with Crippen molar-refractivity contribution in [1.29, 1.82) is 0 Å². The molecule has 4 aromatic rings. The summed E-state index contributed by atoms with van der Waals surface area (Å²) in [4.78, 5) is 24.1. The van der Waals surface area contributed by atoms with Crippen LogP contribution in [0, 0.1) is 24.6 Å². The molecule has 1 saturated heterocycles. The number of benzene rings is 1. The number of thioether (sulfide) groups is 1. The number of carbonyl (C=O) groups excluding carboxylic acids is 1. The third-order valence-electron chi connectivity index (χ3n) is 9.18. The molecular formula is C30H30ClFN4O2S. The quantitative estimate of drug-likeness (QED) is 0.235. The largest absolute Gasteiger partial charge is 0.453 e. The lowest BCUT2D eigenvalue weighted by Gasteiger charge is -2.40. The molecular weight excluding hydrogens is 535 g/mol. The number of carbonyl (C=O) groups is 1. The van der Waals surface area contributed by atoms with E-state index in [1.807, 2.05) is 30.2 Å². The zero-order chi connectivity index (χ0) is 27.0. The fourth-order valence-corrected chi connectivity index (χ4v) is 8.12. The van der Waals surface area contributed by atoms with Crippen molar-refractivity contribution in [2.24, 2.45) is 11.8 Å². The Hall–Kier alpha value is -2.84. The summed E-state index contributed by atoms with van der Waals surface area (Å²) >= 11 is 8.10. The van der Waals surface area contributed by atoms with Crippen molar-refractivity contribution in [1.82, 2.24) is 19.4 Å². The van der Waals surface area contributed by atoms with Gasteiger partial charge in [0.05, 0.1) is 23.7 Å². The second kappa shape index (κ2) is 9.37. The molecule has 1 aliphatic heterocycles. The lowest BCUT2D eigenvalue weighted by Crippen LogP contribution is -2.35. The van der Waals surface area contributed by atoms with Crippen LogP contribution >= 0.6 is 23.4 Å². The van der Waals surface area contributed by atoms with Gasteiger partial charge in [-0.25, -0.2) is 14.2 Å². The fourth-order valence-electron chi connectivity index (χ4n) is 7.35. The average molecular weight is 565 g/mol. The maximum Gasteiger partial charge on any atom is 0.410 e. The number of hydrogen-bond acceptors (Lipinski definition) is 5. The number of rotatable bonds is 4. The van der Waals surface area contributed by atoms with Crippen LogP contribution < -0.4 is 0 Å². The molecule has 4 atom stereocenters. The Morgan fingerprint density at radius 3 is 2.72 bits per heavy atom. The van der Waals surface area contributed by atoms with Crippen LogP contribution in [0.2, 0.25) is 5.02 Å². The summed E-state index contributed by atoms with van der Waals surface area (Å²) in [6, 6.07) is 8.02. The van der Waals surface area contributed by atoms with Crippen molar-refractivity contribution in [3.63, 3.8) is 0 Å². The first-order valence-electron chi connectivity index (χ1n) is 13.6. The third kappa shape index (κ3) is 3.63. The lowest BCUT2D eigenvalue weighted by atomic mass is 9.78. The topological polar surface area (TPSA) is 60.2 Å². The summed E-state index contributed by atoms with van der Waals surface area (Å²) in [5, 5.41) is 2.97. The highest BCUT2D eigenvalue weighted by molar-refractivity contribution is 7.98. The minimum atomic E-state index is -0.458. The van der Waals surface area contributed by atoms with E-state index in [2.05, 4.69) is 15.6 Å². The number of fused-ring (bicyclic) bond motifs is 4. The van der Waals surface area contributed by atoms with E-state index in [9.17, 15) is 4.79 Å². The third-order valence-corrected chi connectivity index (χ3v) is 10.4. The van der Waals surface area contributed by atoms with Crippen molar-refractivity contribution in [3.05, 3.63) is 52.6 Å². The van der Waals surface area contributed by atoms with Gasteiger partial charge in [-0.1, -0.05) is 29.8 Å². The van der Waals surface area contributed by atoms with Gasteiger partial charge in [-0.3, -0.25) is 9.88 Å². The molecule has 0 N–H and O–H groups in total. The highest BCUT2D eigenvalue weighted by atomic mass is 35.5. The monoisotopic (exact) mass is 564 g/mol. The fraction of sp³-hybridized carbons (Fsp3) is 0.433. The molecule has 4 aliphatic rings.